The molecule has 4 N–H and O–H groups in total. The van der Waals surface area contributed by atoms with Crippen molar-refractivity contribution < 1.29 is 30.0 Å². The van der Waals surface area contributed by atoms with E-state index in [0.717, 1.165) is 51.4 Å². The van der Waals surface area contributed by atoms with E-state index in [4.69, 9.17) is 10.2 Å². The number of aliphatic carboxylic acids is 2. The van der Waals surface area contributed by atoms with E-state index >= 15 is 0 Å². The molecule has 0 bridgehead atoms. The maximum atomic E-state index is 10.2. The lowest BCUT2D eigenvalue weighted by Gasteiger charge is -2.08. The minimum atomic E-state index is -0.777. The van der Waals surface area contributed by atoms with Gasteiger partial charge in [0.1, 0.15) is 0 Å². The zero-order valence-corrected chi connectivity index (χ0v) is 16.7. The van der Waals surface area contributed by atoms with E-state index in [1.54, 1.807) is 0 Å². The van der Waals surface area contributed by atoms with Crippen LogP contribution in [0, 0.1) is 0 Å². The highest BCUT2D eigenvalue weighted by Gasteiger charge is 2.05. The predicted molar refractivity (Wildman–Crippen MR) is 103 cm³/mol. The first-order valence-corrected chi connectivity index (χ1v) is 10.1. The van der Waals surface area contributed by atoms with Crippen LogP contribution in [0.15, 0.2) is 0 Å². The average molecular weight is 377 g/mol. The molecule has 0 aliphatic rings. The third-order valence-electron chi connectivity index (χ3n) is 4.14. The summed E-state index contributed by atoms with van der Waals surface area (Å²) in [6.45, 7) is 4.24. The van der Waals surface area contributed by atoms with Gasteiger partial charge in [-0.15, -0.1) is 0 Å². The maximum absolute atomic E-state index is 10.2. The molecule has 0 aromatic heterocycles. The molecule has 2 unspecified atom stereocenters. The normalized spacial score (nSPS) is 12.8. The van der Waals surface area contributed by atoms with Crippen molar-refractivity contribution in [3.63, 3.8) is 0 Å². The minimum absolute atomic E-state index is 0.171. The van der Waals surface area contributed by atoms with Crippen LogP contribution in [0.5, 0.6) is 0 Å². The number of carbonyl (C=O) groups is 2. The smallest absolute Gasteiger partial charge is 0.303 e. The lowest BCUT2D eigenvalue weighted by molar-refractivity contribution is -0.138. The molecule has 0 amide bonds. The quantitative estimate of drug-likeness (QED) is 0.297. The van der Waals surface area contributed by atoms with Crippen LogP contribution >= 0.6 is 0 Å². The molecule has 0 radical (unpaired) electrons. The van der Waals surface area contributed by atoms with Crippen molar-refractivity contribution in [2.45, 2.75) is 116 Å². The van der Waals surface area contributed by atoms with Crippen molar-refractivity contribution in [3.8, 4) is 0 Å². The fraction of sp³-hybridized carbons (Fsp3) is 0.900. The summed E-state index contributed by atoms with van der Waals surface area (Å²) >= 11 is 0. The van der Waals surface area contributed by atoms with Gasteiger partial charge in [-0.25, -0.2) is 0 Å². The molecule has 0 heterocycles. The van der Waals surface area contributed by atoms with Crippen LogP contribution in [0.1, 0.15) is 104 Å². The highest BCUT2D eigenvalue weighted by Crippen LogP contribution is 2.10. The molecule has 2 atom stereocenters. The number of carboxylic acids is 2. The zero-order valence-electron chi connectivity index (χ0n) is 16.7. The molecule has 6 nitrogen and oxygen atoms in total. The highest BCUT2D eigenvalue weighted by molar-refractivity contribution is 5.66. The van der Waals surface area contributed by atoms with Crippen LogP contribution in [-0.4, -0.2) is 44.6 Å². The summed E-state index contributed by atoms with van der Waals surface area (Å²) < 4.78 is 0. The van der Waals surface area contributed by atoms with Crippen LogP contribution in [0.3, 0.4) is 0 Å². The molecule has 0 aromatic rings. The first-order chi connectivity index (χ1) is 12.3. The molecular formula is C20H40O6. The summed E-state index contributed by atoms with van der Waals surface area (Å²) in [6.07, 6.45) is 10.5. The molecule has 0 rings (SSSR count). The third-order valence-corrected chi connectivity index (χ3v) is 4.14. The number of rotatable bonds is 16. The van der Waals surface area contributed by atoms with E-state index in [9.17, 15) is 19.8 Å². The molecule has 6 heteroatoms. The Morgan fingerprint density at radius 2 is 0.923 bits per heavy atom. The average Bonchev–Trinajstić information content (AvgIpc) is 2.55. The van der Waals surface area contributed by atoms with E-state index in [2.05, 4.69) is 13.8 Å². The molecule has 0 saturated carbocycles. The van der Waals surface area contributed by atoms with Gasteiger partial charge >= 0.3 is 11.9 Å². The summed E-state index contributed by atoms with van der Waals surface area (Å²) in [7, 11) is 0. The van der Waals surface area contributed by atoms with Crippen LogP contribution in [0.25, 0.3) is 0 Å². The topological polar surface area (TPSA) is 115 Å². The number of aliphatic hydroxyl groups is 2. The van der Waals surface area contributed by atoms with Crippen molar-refractivity contribution in [2.75, 3.05) is 0 Å². The predicted octanol–water partition coefficient (Wildman–Crippen LogP) is 4.37. The fourth-order valence-electron chi connectivity index (χ4n) is 2.53. The van der Waals surface area contributed by atoms with Crippen LogP contribution in [0.4, 0.5) is 0 Å². The largest absolute Gasteiger partial charge is 0.481 e. The van der Waals surface area contributed by atoms with Gasteiger partial charge in [0.25, 0.3) is 0 Å². The number of unbranched alkanes of at least 4 members (excludes halogenated alkanes) is 4. The first kappa shape index (κ1) is 27.1. The molecule has 0 spiro atoms. The minimum Gasteiger partial charge on any atom is -0.481 e. The molecule has 0 aliphatic heterocycles. The Bertz CT molecular complexity index is 300. The molecule has 0 aromatic carbocycles. The van der Waals surface area contributed by atoms with Crippen molar-refractivity contribution in [1.82, 2.24) is 0 Å². The molecule has 0 aliphatic carbocycles. The van der Waals surface area contributed by atoms with Crippen molar-refractivity contribution in [2.24, 2.45) is 0 Å². The van der Waals surface area contributed by atoms with Gasteiger partial charge in [-0.1, -0.05) is 52.4 Å². The van der Waals surface area contributed by atoms with Crippen molar-refractivity contribution >= 4 is 11.9 Å². The molecule has 26 heavy (non-hydrogen) atoms. The maximum Gasteiger partial charge on any atom is 0.303 e. The van der Waals surface area contributed by atoms with Gasteiger partial charge in [0, 0.05) is 12.8 Å². The van der Waals surface area contributed by atoms with Gasteiger partial charge < -0.3 is 20.4 Å². The lowest BCUT2D eigenvalue weighted by atomic mass is 10.1. The Morgan fingerprint density at radius 3 is 1.19 bits per heavy atom. The second kappa shape index (κ2) is 20.2. The number of hydrogen-bond donors (Lipinski definition) is 4. The summed E-state index contributed by atoms with van der Waals surface area (Å²) in [5, 5.41) is 35.5. The van der Waals surface area contributed by atoms with Crippen molar-refractivity contribution in [1.29, 1.82) is 0 Å². The second-order valence-corrected chi connectivity index (χ2v) is 6.87. The zero-order chi connectivity index (χ0) is 20.2. The number of hydrogen-bond acceptors (Lipinski definition) is 4. The highest BCUT2D eigenvalue weighted by atomic mass is 16.4. The van der Waals surface area contributed by atoms with E-state index in [1.165, 1.54) is 0 Å². The molecule has 0 fully saturated rings. The Balaban J connectivity index is 0. The number of carboxylic acid groups (broad SMARTS) is 2. The third kappa shape index (κ3) is 25.1. The fourth-order valence-corrected chi connectivity index (χ4v) is 2.53. The Hall–Kier alpha value is -1.14. The van der Waals surface area contributed by atoms with Crippen LogP contribution < -0.4 is 0 Å². The van der Waals surface area contributed by atoms with Gasteiger partial charge in [0.05, 0.1) is 12.2 Å². The molecular weight excluding hydrogens is 336 g/mol. The molecule has 156 valence electrons. The van der Waals surface area contributed by atoms with Gasteiger partial charge in [-0.3, -0.25) is 9.59 Å². The lowest BCUT2D eigenvalue weighted by Crippen LogP contribution is -2.07. The summed E-state index contributed by atoms with van der Waals surface area (Å²) in [6, 6.07) is 0. The van der Waals surface area contributed by atoms with Gasteiger partial charge in [-0.05, 0) is 38.5 Å². The first-order valence-electron chi connectivity index (χ1n) is 10.1. The Kier molecular flexibility index (Phi) is 21.0. The van der Waals surface area contributed by atoms with E-state index in [-0.39, 0.29) is 25.0 Å². The summed E-state index contributed by atoms with van der Waals surface area (Å²) in [5.74, 6) is -1.55. The Morgan fingerprint density at radius 1 is 0.615 bits per heavy atom. The standard InChI is InChI=1S/2C10H20O3/c2*1-2-3-4-6-9(11)7-5-8-10(12)13/h2*9,11H,2-8H2,1H3,(H,12,13). The SMILES string of the molecule is CCCCCC(O)CCCC(=O)O.CCCCCC(O)CCCC(=O)O. The summed E-state index contributed by atoms with van der Waals surface area (Å²) in [4.78, 5) is 20.3. The Labute approximate surface area is 158 Å². The van der Waals surface area contributed by atoms with Crippen LogP contribution in [0.2, 0.25) is 0 Å². The van der Waals surface area contributed by atoms with Gasteiger partial charge in [0.2, 0.25) is 0 Å². The van der Waals surface area contributed by atoms with E-state index in [0.29, 0.717) is 25.7 Å². The second-order valence-electron chi connectivity index (χ2n) is 6.87. The van der Waals surface area contributed by atoms with E-state index < -0.39 is 11.9 Å². The van der Waals surface area contributed by atoms with Crippen molar-refractivity contribution in [3.05, 3.63) is 0 Å². The summed E-state index contributed by atoms with van der Waals surface area (Å²) in [5.41, 5.74) is 0. The van der Waals surface area contributed by atoms with E-state index in [1.807, 2.05) is 0 Å². The number of aliphatic hydroxyl groups excluding tert-OH is 2. The van der Waals surface area contributed by atoms with Gasteiger partial charge in [0.15, 0.2) is 0 Å². The monoisotopic (exact) mass is 376 g/mol. The molecule has 0 saturated heterocycles. The van der Waals surface area contributed by atoms with Gasteiger partial charge in [-0.2, -0.15) is 0 Å². The van der Waals surface area contributed by atoms with Crippen LogP contribution in [-0.2, 0) is 9.59 Å².